The quantitative estimate of drug-likeness (QED) is 0.509. The third kappa shape index (κ3) is 4.64. The van der Waals surface area contributed by atoms with Crippen molar-refractivity contribution >= 4 is 17.5 Å². The van der Waals surface area contributed by atoms with Gasteiger partial charge in [0.1, 0.15) is 5.75 Å². The molecule has 3 atom stereocenters. The van der Waals surface area contributed by atoms with Crippen LogP contribution in [0, 0.1) is 17.2 Å². The molecule has 0 radical (unpaired) electrons. The lowest BCUT2D eigenvalue weighted by Crippen LogP contribution is -2.52. The zero-order valence-corrected chi connectivity index (χ0v) is 19.6. The van der Waals surface area contributed by atoms with Gasteiger partial charge in [-0.2, -0.15) is 5.26 Å². The first-order chi connectivity index (χ1) is 17.3. The predicted octanol–water partition coefficient (Wildman–Crippen LogP) is 5.75. The molecule has 2 saturated carbocycles. The highest BCUT2D eigenvalue weighted by atomic mass is 19.4. The van der Waals surface area contributed by atoms with Crippen LogP contribution in [0.5, 0.6) is 5.75 Å². The van der Waals surface area contributed by atoms with Crippen molar-refractivity contribution in [3.8, 4) is 11.8 Å². The molecular weight excluding hydrogens is 471 g/mol. The Morgan fingerprint density at radius 1 is 1.06 bits per heavy atom. The predicted molar refractivity (Wildman–Crippen MR) is 125 cm³/mol. The standard InChI is InChI=1S/C27H26F3N3O3/c28-27(29,30)36-19-14-10-17(11-15-19)26(35)33-22-7-2-1-5-20(22)25(21-6-3-8-23(21)33)32(18-12-13-18)24(34)9-4-16-31/h1-2,5,7,10-11,14-15,18,21,23,25H,3-4,6,8-9,12-13H2/t21-,23+,25-/m0/s1. The van der Waals surface area contributed by atoms with Crippen LogP contribution >= 0.6 is 0 Å². The Kier molecular flexibility index (Phi) is 6.37. The second-order valence-electron chi connectivity index (χ2n) is 9.60. The lowest BCUT2D eigenvalue weighted by atomic mass is 9.81. The van der Waals surface area contributed by atoms with E-state index < -0.39 is 6.36 Å². The summed E-state index contributed by atoms with van der Waals surface area (Å²) in [6.45, 7) is 0. The second kappa shape index (κ2) is 9.49. The number of fused-ring (bicyclic) bond motifs is 2. The Morgan fingerprint density at radius 2 is 1.78 bits per heavy atom. The summed E-state index contributed by atoms with van der Waals surface area (Å²) >= 11 is 0. The number of hydrogen-bond donors (Lipinski definition) is 0. The van der Waals surface area contributed by atoms with E-state index in [0.29, 0.717) is 0 Å². The number of halogens is 3. The van der Waals surface area contributed by atoms with Crippen molar-refractivity contribution < 1.29 is 27.5 Å². The zero-order chi connectivity index (χ0) is 25.4. The summed E-state index contributed by atoms with van der Waals surface area (Å²) in [6, 6.07) is 14.5. The average molecular weight is 498 g/mol. The van der Waals surface area contributed by atoms with E-state index in [1.54, 1.807) is 4.90 Å². The molecule has 0 saturated heterocycles. The second-order valence-corrected chi connectivity index (χ2v) is 9.60. The molecule has 0 unspecified atom stereocenters. The Labute approximate surface area is 207 Å². The minimum atomic E-state index is -4.80. The van der Waals surface area contributed by atoms with Crippen LogP contribution in [0.25, 0.3) is 0 Å². The van der Waals surface area contributed by atoms with Gasteiger partial charge in [0.2, 0.25) is 5.91 Å². The maximum atomic E-state index is 13.7. The average Bonchev–Trinajstić information content (AvgIpc) is 3.57. The van der Waals surface area contributed by atoms with Gasteiger partial charge in [-0.25, -0.2) is 0 Å². The van der Waals surface area contributed by atoms with Crippen LogP contribution in [0.3, 0.4) is 0 Å². The number of amides is 2. The zero-order valence-electron chi connectivity index (χ0n) is 19.6. The molecule has 1 aliphatic heterocycles. The fourth-order valence-corrected chi connectivity index (χ4v) is 5.81. The maximum absolute atomic E-state index is 13.7. The molecule has 0 spiro atoms. The third-order valence-corrected chi connectivity index (χ3v) is 7.32. The van der Waals surface area contributed by atoms with Gasteiger partial charge < -0.3 is 14.5 Å². The van der Waals surface area contributed by atoms with Gasteiger partial charge in [-0.05, 0) is 61.6 Å². The molecule has 6 nitrogen and oxygen atoms in total. The number of ether oxygens (including phenoxy) is 1. The Balaban J connectivity index is 1.50. The molecule has 9 heteroatoms. The van der Waals surface area contributed by atoms with E-state index in [0.717, 1.165) is 55.5 Å². The molecule has 0 N–H and O–H groups in total. The molecule has 188 valence electrons. The van der Waals surface area contributed by atoms with Crippen LogP contribution in [0.4, 0.5) is 18.9 Å². The highest BCUT2D eigenvalue weighted by Crippen LogP contribution is 2.53. The number of benzene rings is 2. The topological polar surface area (TPSA) is 73.6 Å². The fraction of sp³-hybridized carbons (Fsp3) is 0.444. The van der Waals surface area contributed by atoms with Crippen LogP contribution in [0.15, 0.2) is 48.5 Å². The van der Waals surface area contributed by atoms with Crippen LogP contribution in [0.1, 0.15) is 66.9 Å². The number of hydrogen-bond acceptors (Lipinski definition) is 4. The lowest BCUT2D eigenvalue weighted by Gasteiger charge is -2.48. The van der Waals surface area contributed by atoms with E-state index in [9.17, 15) is 22.8 Å². The van der Waals surface area contributed by atoms with E-state index in [1.807, 2.05) is 29.2 Å². The van der Waals surface area contributed by atoms with Crippen molar-refractivity contribution in [1.29, 1.82) is 5.26 Å². The largest absolute Gasteiger partial charge is 0.573 e. The first-order valence-corrected chi connectivity index (χ1v) is 12.2. The molecule has 1 heterocycles. The number of nitriles is 1. The maximum Gasteiger partial charge on any atom is 0.573 e. The molecule has 0 aromatic heterocycles. The van der Waals surface area contributed by atoms with Gasteiger partial charge in [-0.1, -0.05) is 24.6 Å². The summed E-state index contributed by atoms with van der Waals surface area (Å²) in [5, 5.41) is 9.02. The van der Waals surface area contributed by atoms with E-state index in [2.05, 4.69) is 10.8 Å². The summed E-state index contributed by atoms with van der Waals surface area (Å²) in [4.78, 5) is 30.7. The summed E-state index contributed by atoms with van der Waals surface area (Å²) in [6.07, 6.45) is -0.0375. The molecular formula is C27H26F3N3O3. The molecule has 2 fully saturated rings. The summed E-state index contributed by atoms with van der Waals surface area (Å²) in [7, 11) is 0. The number of carbonyl (C=O) groups excluding carboxylic acids is 2. The van der Waals surface area contributed by atoms with Crippen LogP contribution in [-0.4, -0.2) is 35.2 Å². The van der Waals surface area contributed by atoms with E-state index in [4.69, 9.17) is 5.26 Å². The van der Waals surface area contributed by atoms with Gasteiger partial charge in [0, 0.05) is 42.1 Å². The number of anilines is 1. The van der Waals surface area contributed by atoms with Gasteiger partial charge >= 0.3 is 6.36 Å². The van der Waals surface area contributed by atoms with Crippen molar-refractivity contribution in [2.45, 2.75) is 69.4 Å². The van der Waals surface area contributed by atoms with Crippen molar-refractivity contribution in [2.75, 3.05) is 4.90 Å². The van der Waals surface area contributed by atoms with E-state index in [-0.39, 0.29) is 60.0 Å². The molecule has 3 aliphatic rings. The van der Waals surface area contributed by atoms with Crippen molar-refractivity contribution in [3.05, 3.63) is 59.7 Å². The molecule has 2 amide bonds. The SMILES string of the molecule is N#CCCC(=O)N(C1CC1)[C@H]1c2ccccc2N(C(=O)c2ccc(OC(F)(F)F)cc2)[C@@H]2CCC[C@@H]21. The van der Waals surface area contributed by atoms with E-state index in [1.165, 1.54) is 12.1 Å². The van der Waals surface area contributed by atoms with E-state index >= 15 is 0 Å². The van der Waals surface area contributed by atoms with Gasteiger partial charge in [0.15, 0.2) is 0 Å². The van der Waals surface area contributed by atoms with Gasteiger partial charge in [-0.15, -0.1) is 13.2 Å². The summed E-state index contributed by atoms with van der Waals surface area (Å²) in [5.41, 5.74) is 1.90. The minimum Gasteiger partial charge on any atom is -0.406 e. The number of nitrogens with zero attached hydrogens (tertiary/aromatic N) is 3. The number of rotatable bonds is 6. The monoisotopic (exact) mass is 497 g/mol. The first-order valence-electron chi connectivity index (χ1n) is 12.2. The molecule has 2 aromatic rings. The Bertz CT molecular complexity index is 1190. The molecule has 2 aromatic carbocycles. The van der Waals surface area contributed by atoms with Gasteiger partial charge in [0.05, 0.1) is 12.1 Å². The Hall–Kier alpha value is -3.54. The molecule has 5 rings (SSSR count). The van der Waals surface area contributed by atoms with Crippen molar-refractivity contribution in [3.63, 3.8) is 0 Å². The molecule has 36 heavy (non-hydrogen) atoms. The highest BCUT2D eigenvalue weighted by Gasteiger charge is 2.51. The third-order valence-electron chi connectivity index (χ3n) is 7.32. The molecule has 0 bridgehead atoms. The van der Waals surface area contributed by atoms with Gasteiger partial charge in [-0.3, -0.25) is 9.59 Å². The minimum absolute atomic E-state index is 0.0236. The van der Waals surface area contributed by atoms with Gasteiger partial charge in [0.25, 0.3) is 5.91 Å². The normalized spacial score (nSPS) is 22.8. The van der Waals surface area contributed by atoms with Crippen molar-refractivity contribution in [2.24, 2.45) is 5.92 Å². The summed E-state index contributed by atoms with van der Waals surface area (Å²) < 4.78 is 41.6. The van der Waals surface area contributed by atoms with Crippen LogP contribution in [-0.2, 0) is 4.79 Å². The first kappa shape index (κ1) is 24.2. The van der Waals surface area contributed by atoms with Crippen molar-refractivity contribution in [1.82, 2.24) is 4.90 Å². The van der Waals surface area contributed by atoms with Crippen LogP contribution < -0.4 is 9.64 Å². The number of carbonyl (C=O) groups is 2. The number of alkyl halides is 3. The fourth-order valence-electron chi connectivity index (χ4n) is 5.81. The molecule has 2 aliphatic carbocycles. The number of para-hydroxylation sites is 1. The van der Waals surface area contributed by atoms with Crippen LogP contribution in [0.2, 0.25) is 0 Å². The highest BCUT2D eigenvalue weighted by molar-refractivity contribution is 6.07. The Morgan fingerprint density at radius 3 is 2.44 bits per heavy atom. The smallest absolute Gasteiger partial charge is 0.406 e. The lowest BCUT2D eigenvalue weighted by molar-refractivity contribution is -0.274. The summed E-state index contributed by atoms with van der Waals surface area (Å²) in [5.74, 6) is -0.647.